The van der Waals surface area contributed by atoms with Gasteiger partial charge >= 0.3 is 18.2 Å². The number of hydrogen-bond acceptors (Lipinski definition) is 5. The second kappa shape index (κ2) is 14.2. The van der Waals surface area contributed by atoms with E-state index < -0.39 is 29.9 Å². The van der Waals surface area contributed by atoms with Crippen LogP contribution in [0.4, 0.5) is 18.9 Å². The monoisotopic (exact) mass is 557 g/mol. The standard InChI is InChI=1S/C30H30F3NO6/c1-2-3-7-19-39-26-18-15-23(22-13-16-24(17-14-22)40-30(31,32)33)20-25(26)34(28(36)29(37)38)27(35)12-8-11-21-9-5-4-6-10-21/h4-6,9-10,13-18,20H,2-3,7-8,11-12,19H2,1H3,(H,37,38). The van der Waals surface area contributed by atoms with Gasteiger partial charge in [0, 0.05) is 6.42 Å². The van der Waals surface area contributed by atoms with Gasteiger partial charge in [-0.15, -0.1) is 13.2 Å². The zero-order valence-corrected chi connectivity index (χ0v) is 21.9. The Kier molecular flexibility index (Phi) is 10.7. The molecule has 0 heterocycles. The lowest BCUT2D eigenvalue weighted by Crippen LogP contribution is -2.41. The van der Waals surface area contributed by atoms with E-state index in [2.05, 4.69) is 4.74 Å². The second-order valence-electron chi connectivity index (χ2n) is 8.99. The number of benzene rings is 3. The number of imide groups is 1. The molecule has 0 aromatic heterocycles. The molecule has 0 aliphatic carbocycles. The summed E-state index contributed by atoms with van der Waals surface area (Å²) in [5.41, 5.74) is 1.82. The van der Waals surface area contributed by atoms with E-state index >= 15 is 0 Å². The summed E-state index contributed by atoms with van der Waals surface area (Å²) in [6, 6.07) is 19.0. The Morgan fingerprint density at radius 2 is 1.55 bits per heavy atom. The van der Waals surface area contributed by atoms with E-state index in [1.165, 1.54) is 24.3 Å². The Bertz CT molecular complexity index is 1290. The molecular weight excluding hydrogens is 527 g/mol. The molecule has 0 unspecified atom stereocenters. The number of amides is 2. The van der Waals surface area contributed by atoms with Gasteiger partial charge in [-0.05, 0) is 60.2 Å². The maximum absolute atomic E-state index is 13.3. The van der Waals surface area contributed by atoms with Crippen molar-refractivity contribution in [1.29, 1.82) is 0 Å². The molecule has 3 rings (SSSR count). The van der Waals surface area contributed by atoms with Crippen LogP contribution in [0.5, 0.6) is 11.5 Å². The molecule has 0 aliphatic rings. The Balaban J connectivity index is 1.94. The first-order valence-electron chi connectivity index (χ1n) is 12.9. The molecule has 212 valence electrons. The second-order valence-corrected chi connectivity index (χ2v) is 8.99. The number of nitrogens with zero attached hydrogens (tertiary/aromatic N) is 1. The van der Waals surface area contributed by atoms with Crippen molar-refractivity contribution in [3.8, 4) is 22.6 Å². The van der Waals surface area contributed by atoms with E-state index in [1.807, 2.05) is 37.3 Å². The fourth-order valence-electron chi connectivity index (χ4n) is 4.03. The average Bonchev–Trinajstić information content (AvgIpc) is 2.92. The van der Waals surface area contributed by atoms with Crippen LogP contribution in [0.25, 0.3) is 11.1 Å². The Morgan fingerprint density at radius 1 is 0.875 bits per heavy atom. The molecule has 2 amide bonds. The third-order valence-electron chi connectivity index (χ3n) is 5.96. The average molecular weight is 558 g/mol. The zero-order valence-electron chi connectivity index (χ0n) is 21.9. The van der Waals surface area contributed by atoms with E-state index in [4.69, 9.17) is 4.74 Å². The van der Waals surface area contributed by atoms with Gasteiger partial charge in [0.15, 0.2) is 0 Å². The topological polar surface area (TPSA) is 93.1 Å². The largest absolute Gasteiger partial charge is 0.573 e. The van der Waals surface area contributed by atoms with E-state index in [1.54, 1.807) is 6.07 Å². The quantitative estimate of drug-likeness (QED) is 0.195. The lowest BCUT2D eigenvalue weighted by Gasteiger charge is -2.23. The number of carbonyl (C=O) groups is 3. The predicted molar refractivity (Wildman–Crippen MR) is 143 cm³/mol. The number of carbonyl (C=O) groups excluding carboxylic acids is 2. The van der Waals surface area contributed by atoms with Crippen LogP contribution in [0.1, 0.15) is 44.6 Å². The number of anilines is 1. The van der Waals surface area contributed by atoms with Crippen molar-refractivity contribution in [2.24, 2.45) is 0 Å². The summed E-state index contributed by atoms with van der Waals surface area (Å²) in [5.74, 6) is -4.24. The molecule has 0 aliphatic heterocycles. The fraction of sp³-hybridized carbons (Fsp3) is 0.300. The summed E-state index contributed by atoms with van der Waals surface area (Å²) < 4.78 is 47.4. The number of carboxylic acid groups (broad SMARTS) is 1. The number of carboxylic acids is 1. The number of rotatable bonds is 12. The molecule has 0 atom stereocenters. The van der Waals surface area contributed by atoms with Gasteiger partial charge in [0.05, 0.1) is 12.3 Å². The van der Waals surface area contributed by atoms with Crippen molar-refractivity contribution >= 4 is 23.5 Å². The molecule has 0 spiro atoms. The molecule has 3 aromatic carbocycles. The molecule has 10 heteroatoms. The van der Waals surface area contributed by atoms with E-state index in [-0.39, 0.29) is 24.5 Å². The molecule has 0 fully saturated rings. The number of aryl methyl sites for hydroxylation is 1. The van der Waals surface area contributed by atoms with E-state index in [9.17, 15) is 32.7 Å². The first-order valence-corrected chi connectivity index (χ1v) is 12.9. The van der Waals surface area contributed by atoms with Gasteiger partial charge < -0.3 is 14.6 Å². The molecule has 40 heavy (non-hydrogen) atoms. The van der Waals surface area contributed by atoms with Crippen LogP contribution >= 0.6 is 0 Å². The summed E-state index contributed by atoms with van der Waals surface area (Å²) in [7, 11) is 0. The van der Waals surface area contributed by atoms with Crippen molar-refractivity contribution in [3.63, 3.8) is 0 Å². The Morgan fingerprint density at radius 3 is 2.17 bits per heavy atom. The summed E-state index contributed by atoms with van der Waals surface area (Å²) in [6.07, 6.45) is -1.49. The molecule has 0 saturated carbocycles. The third-order valence-corrected chi connectivity index (χ3v) is 5.96. The first-order chi connectivity index (χ1) is 19.1. The highest BCUT2D eigenvalue weighted by Gasteiger charge is 2.32. The van der Waals surface area contributed by atoms with Gasteiger partial charge in [0.1, 0.15) is 11.5 Å². The van der Waals surface area contributed by atoms with Gasteiger partial charge in [0.2, 0.25) is 5.91 Å². The summed E-state index contributed by atoms with van der Waals surface area (Å²) in [6.45, 7) is 2.30. The normalized spacial score (nSPS) is 11.1. The molecule has 0 bridgehead atoms. The summed E-state index contributed by atoms with van der Waals surface area (Å²) >= 11 is 0. The number of aliphatic carboxylic acids is 1. The van der Waals surface area contributed by atoms with Crippen molar-refractivity contribution in [1.82, 2.24) is 0 Å². The molecule has 0 radical (unpaired) electrons. The minimum atomic E-state index is -4.84. The number of hydrogen-bond donors (Lipinski definition) is 1. The number of unbranched alkanes of at least 4 members (excludes halogenated alkanes) is 2. The van der Waals surface area contributed by atoms with Crippen molar-refractivity contribution in [2.45, 2.75) is 51.8 Å². The van der Waals surface area contributed by atoms with Gasteiger partial charge in [-0.25, -0.2) is 9.69 Å². The van der Waals surface area contributed by atoms with Crippen LogP contribution in [0, 0.1) is 0 Å². The summed E-state index contributed by atoms with van der Waals surface area (Å²) in [4.78, 5) is 38.4. The molecule has 1 N–H and O–H groups in total. The zero-order chi connectivity index (χ0) is 29.1. The molecular formula is C30H30F3NO6. The summed E-state index contributed by atoms with van der Waals surface area (Å²) in [5, 5.41) is 9.52. The van der Waals surface area contributed by atoms with Crippen molar-refractivity contribution < 1.29 is 42.1 Å². The number of ether oxygens (including phenoxy) is 2. The highest BCUT2D eigenvalue weighted by molar-refractivity contribution is 6.43. The van der Waals surface area contributed by atoms with Crippen LogP contribution in [-0.2, 0) is 20.8 Å². The maximum Gasteiger partial charge on any atom is 0.573 e. The van der Waals surface area contributed by atoms with Crippen LogP contribution in [0.3, 0.4) is 0 Å². The first kappa shape index (κ1) is 30.2. The van der Waals surface area contributed by atoms with Crippen molar-refractivity contribution in [2.75, 3.05) is 11.5 Å². The van der Waals surface area contributed by atoms with Crippen LogP contribution in [-0.4, -0.2) is 35.9 Å². The van der Waals surface area contributed by atoms with Gasteiger partial charge in [-0.1, -0.05) is 68.3 Å². The number of alkyl halides is 3. The van der Waals surface area contributed by atoms with Crippen LogP contribution < -0.4 is 14.4 Å². The lowest BCUT2D eigenvalue weighted by molar-refractivity contribution is -0.274. The minimum Gasteiger partial charge on any atom is -0.491 e. The molecule has 0 saturated heterocycles. The van der Waals surface area contributed by atoms with Crippen LogP contribution in [0.15, 0.2) is 72.8 Å². The smallest absolute Gasteiger partial charge is 0.491 e. The molecule has 3 aromatic rings. The SMILES string of the molecule is CCCCCOc1ccc(-c2ccc(OC(F)(F)F)cc2)cc1N(C(=O)CCCc1ccccc1)C(=O)C(=O)O. The highest BCUT2D eigenvalue weighted by Crippen LogP contribution is 2.36. The van der Waals surface area contributed by atoms with Crippen molar-refractivity contribution in [3.05, 3.63) is 78.4 Å². The number of halogens is 3. The Labute approximate surface area is 230 Å². The third kappa shape index (κ3) is 8.86. The van der Waals surface area contributed by atoms with Gasteiger partial charge in [-0.2, -0.15) is 0 Å². The maximum atomic E-state index is 13.3. The Hall–Kier alpha value is -4.34. The van der Waals surface area contributed by atoms with Gasteiger partial charge in [0.25, 0.3) is 0 Å². The molecule has 7 nitrogen and oxygen atoms in total. The van der Waals surface area contributed by atoms with Crippen LogP contribution in [0.2, 0.25) is 0 Å². The predicted octanol–water partition coefficient (Wildman–Crippen LogP) is 6.79. The highest BCUT2D eigenvalue weighted by atomic mass is 19.4. The lowest BCUT2D eigenvalue weighted by atomic mass is 10.0. The van der Waals surface area contributed by atoms with E-state index in [0.717, 1.165) is 30.5 Å². The minimum absolute atomic E-state index is 0.0540. The fourth-order valence-corrected chi connectivity index (χ4v) is 4.03. The van der Waals surface area contributed by atoms with Gasteiger partial charge in [-0.3, -0.25) is 9.59 Å². The van der Waals surface area contributed by atoms with E-state index in [0.29, 0.717) is 35.3 Å².